The lowest BCUT2D eigenvalue weighted by atomic mass is 9.92. The average molecular weight is 291 g/mol. The molecule has 0 saturated heterocycles. The topological polar surface area (TPSA) is 61.4 Å². The Morgan fingerprint density at radius 1 is 1.37 bits per heavy atom. The van der Waals surface area contributed by atoms with E-state index in [-0.39, 0.29) is 11.5 Å². The van der Waals surface area contributed by atoms with Gasteiger partial charge in [-0.25, -0.2) is 0 Å². The molecule has 1 unspecified atom stereocenters. The van der Waals surface area contributed by atoms with Crippen molar-refractivity contribution in [2.45, 2.75) is 52.5 Å². The van der Waals surface area contributed by atoms with Gasteiger partial charge in [-0.05, 0) is 44.2 Å². The van der Waals surface area contributed by atoms with E-state index in [1.54, 1.807) is 7.05 Å². The summed E-state index contributed by atoms with van der Waals surface area (Å²) in [5.74, 6) is 0. The van der Waals surface area contributed by atoms with Gasteiger partial charge in [0.15, 0.2) is 0 Å². The molecule has 0 aromatic heterocycles. The highest BCUT2D eigenvalue weighted by Gasteiger charge is 2.33. The first-order chi connectivity index (χ1) is 8.77. The summed E-state index contributed by atoms with van der Waals surface area (Å²) >= 11 is 0. The van der Waals surface area contributed by atoms with Gasteiger partial charge in [0.2, 0.25) is 0 Å². The van der Waals surface area contributed by atoms with Crippen LogP contribution in [0, 0.1) is 5.41 Å². The maximum Gasteiger partial charge on any atom is 0.279 e. The number of hydrogen-bond acceptors (Lipinski definition) is 3. The molecule has 0 heterocycles. The zero-order valence-corrected chi connectivity index (χ0v) is 13.5. The average Bonchev–Trinajstić information content (AvgIpc) is 2.63. The lowest BCUT2D eigenvalue weighted by Crippen LogP contribution is -2.43. The highest BCUT2D eigenvalue weighted by Crippen LogP contribution is 2.37. The smallest absolute Gasteiger partial charge is 0.279 e. The molecule has 1 fully saturated rings. The maximum atomic E-state index is 12.2. The van der Waals surface area contributed by atoms with Crippen LogP contribution in [0.5, 0.6) is 0 Å². The normalized spacial score (nSPS) is 23.1. The third kappa shape index (κ3) is 5.77. The van der Waals surface area contributed by atoms with Gasteiger partial charge in [-0.3, -0.25) is 0 Å². The molecule has 0 radical (unpaired) electrons. The van der Waals surface area contributed by atoms with E-state index in [0.29, 0.717) is 6.54 Å². The lowest BCUT2D eigenvalue weighted by molar-refractivity contribution is 0.369. The van der Waals surface area contributed by atoms with E-state index in [0.717, 1.165) is 38.8 Å². The minimum absolute atomic E-state index is 0.0937. The third-order valence-corrected chi connectivity index (χ3v) is 5.41. The van der Waals surface area contributed by atoms with E-state index in [1.807, 2.05) is 6.92 Å². The number of hydrogen-bond donors (Lipinski definition) is 2. The van der Waals surface area contributed by atoms with E-state index < -0.39 is 10.2 Å². The van der Waals surface area contributed by atoms with Gasteiger partial charge in [0.1, 0.15) is 0 Å². The standard InChI is InChI=1S/C13H29N3O2S/c1-5-14-9-6-10-16(4)19(17,18)15-12-7-8-13(2,3)11-12/h12,14-15H,5-11H2,1-4H3. The summed E-state index contributed by atoms with van der Waals surface area (Å²) in [5, 5.41) is 3.20. The van der Waals surface area contributed by atoms with Crippen molar-refractivity contribution in [3.05, 3.63) is 0 Å². The van der Waals surface area contributed by atoms with Crippen LogP contribution in [0.2, 0.25) is 0 Å². The first kappa shape index (κ1) is 16.9. The van der Waals surface area contributed by atoms with Crippen LogP contribution in [0.1, 0.15) is 46.5 Å². The van der Waals surface area contributed by atoms with Gasteiger partial charge >= 0.3 is 0 Å². The fraction of sp³-hybridized carbons (Fsp3) is 1.00. The Balaban J connectivity index is 2.38. The van der Waals surface area contributed by atoms with Gasteiger partial charge in [0, 0.05) is 19.6 Å². The maximum absolute atomic E-state index is 12.2. The second-order valence-electron chi connectivity index (χ2n) is 6.26. The molecule has 0 aliphatic heterocycles. The highest BCUT2D eigenvalue weighted by atomic mass is 32.2. The molecule has 1 aliphatic rings. The Hall–Kier alpha value is -0.170. The van der Waals surface area contributed by atoms with Crippen molar-refractivity contribution in [2.75, 3.05) is 26.7 Å². The molecule has 6 heteroatoms. The molecule has 114 valence electrons. The Labute approximate surface area is 118 Å². The van der Waals surface area contributed by atoms with Crippen LogP contribution in [0.3, 0.4) is 0 Å². The summed E-state index contributed by atoms with van der Waals surface area (Å²) in [6.07, 6.45) is 3.79. The van der Waals surface area contributed by atoms with Gasteiger partial charge in [-0.15, -0.1) is 0 Å². The van der Waals surface area contributed by atoms with E-state index in [2.05, 4.69) is 23.9 Å². The van der Waals surface area contributed by atoms with E-state index >= 15 is 0 Å². The van der Waals surface area contributed by atoms with Gasteiger partial charge in [0.05, 0.1) is 0 Å². The Kier molecular flexibility index (Phi) is 6.23. The third-order valence-electron chi connectivity index (χ3n) is 3.77. The molecule has 5 nitrogen and oxygen atoms in total. The van der Waals surface area contributed by atoms with Crippen LogP contribution in [-0.2, 0) is 10.2 Å². The van der Waals surface area contributed by atoms with Crippen molar-refractivity contribution in [1.29, 1.82) is 0 Å². The molecule has 1 saturated carbocycles. The number of rotatable bonds is 8. The van der Waals surface area contributed by atoms with Crippen LogP contribution in [0.25, 0.3) is 0 Å². The minimum Gasteiger partial charge on any atom is -0.317 e. The summed E-state index contributed by atoms with van der Waals surface area (Å²) in [4.78, 5) is 0. The van der Waals surface area contributed by atoms with Crippen molar-refractivity contribution in [3.8, 4) is 0 Å². The molecule has 2 N–H and O–H groups in total. The van der Waals surface area contributed by atoms with E-state index in [1.165, 1.54) is 4.31 Å². The largest absolute Gasteiger partial charge is 0.317 e. The van der Waals surface area contributed by atoms with Crippen LogP contribution < -0.4 is 10.0 Å². The van der Waals surface area contributed by atoms with Crippen molar-refractivity contribution >= 4 is 10.2 Å². The van der Waals surface area contributed by atoms with Crippen molar-refractivity contribution in [1.82, 2.24) is 14.3 Å². The molecule has 0 bridgehead atoms. The molecule has 1 aliphatic carbocycles. The predicted octanol–water partition coefficient (Wildman–Crippen LogP) is 1.33. The fourth-order valence-corrected chi connectivity index (χ4v) is 3.73. The number of nitrogens with one attached hydrogen (secondary N) is 2. The second-order valence-corrected chi connectivity index (χ2v) is 8.06. The van der Waals surface area contributed by atoms with Gasteiger partial charge < -0.3 is 5.32 Å². The van der Waals surface area contributed by atoms with Crippen molar-refractivity contribution < 1.29 is 8.42 Å². The molecular weight excluding hydrogens is 262 g/mol. The lowest BCUT2D eigenvalue weighted by Gasteiger charge is -2.22. The van der Waals surface area contributed by atoms with E-state index in [9.17, 15) is 8.42 Å². The van der Waals surface area contributed by atoms with E-state index in [4.69, 9.17) is 0 Å². The number of nitrogens with zero attached hydrogens (tertiary/aromatic N) is 1. The summed E-state index contributed by atoms with van der Waals surface area (Å²) in [5.41, 5.74) is 0.261. The van der Waals surface area contributed by atoms with Gasteiger partial charge in [-0.2, -0.15) is 17.4 Å². The molecule has 19 heavy (non-hydrogen) atoms. The summed E-state index contributed by atoms with van der Waals surface area (Å²) in [6.45, 7) is 8.77. The van der Waals surface area contributed by atoms with Crippen LogP contribution in [0.15, 0.2) is 0 Å². The van der Waals surface area contributed by atoms with Crippen LogP contribution in [-0.4, -0.2) is 45.4 Å². The molecule has 1 rings (SSSR count). The van der Waals surface area contributed by atoms with Gasteiger partial charge in [0.25, 0.3) is 10.2 Å². The molecule has 0 aromatic rings. The summed E-state index contributed by atoms with van der Waals surface area (Å²) in [7, 11) is -1.68. The van der Waals surface area contributed by atoms with Crippen LogP contribution in [0.4, 0.5) is 0 Å². The van der Waals surface area contributed by atoms with Crippen molar-refractivity contribution in [2.24, 2.45) is 5.41 Å². The highest BCUT2D eigenvalue weighted by molar-refractivity contribution is 7.87. The van der Waals surface area contributed by atoms with Crippen molar-refractivity contribution in [3.63, 3.8) is 0 Å². The summed E-state index contributed by atoms with van der Waals surface area (Å²) in [6, 6.07) is 0.0937. The predicted molar refractivity (Wildman–Crippen MR) is 79.3 cm³/mol. The zero-order valence-electron chi connectivity index (χ0n) is 12.7. The quantitative estimate of drug-likeness (QED) is 0.663. The SMILES string of the molecule is CCNCCCN(C)S(=O)(=O)NC1CCC(C)(C)C1. The minimum atomic E-state index is -3.33. The van der Waals surface area contributed by atoms with Gasteiger partial charge in [-0.1, -0.05) is 20.8 Å². The Morgan fingerprint density at radius 2 is 2.05 bits per heavy atom. The fourth-order valence-electron chi connectivity index (χ4n) is 2.56. The Morgan fingerprint density at radius 3 is 2.58 bits per heavy atom. The molecule has 0 aromatic carbocycles. The first-order valence-corrected chi connectivity index (χ1v) is 8.65. The zero-order chi connectivity index (χ0) is 14.5. The second kappa shape index (κ2) is 7.02. The Bertz CT molecular complexity index is 368. The molecule has 0 spiro atoms. The monoisotopic (exact) mass is 291 g/mol. The summed E-state index contributed by atoms with van der Waals surface area (Å²) < 4.78 is 28.6. The van der Waals surface area contributed by atoms with Crippen LogP contribution >= 0.6 is 0 Å². The molecule has 1 atom stereocenters. The molecular formula is C13H29N3O2S. The first-order valence-electron chi connectivity index (χ1n) is 7.21. The molecule has 0 amide bonds.